The highest BCUT2D eigenvalue weighted by Gasteiger charge is 2.33. The second-order valence-electron chi connectivity index (χ2n) is 12.4. The topological polar surface area (TPSA) is 82.1 Å². The molecule has 0 aromatic heterocycles. The zero-order chi connectivity index (χ0) is 35.8. The van der Waals surface area contributed by atoms with Crippen LogP contribution in [0.2, 0.25) is 0 Å². The molecule has 272 valence electrons. The van der Waals surface area contributed by atoms with E-state index in [-0.39, 0.29) is 29.9 Å². The number of thioether (sulfide) groups is 1. The summed E-state index contributed by atoms with van der Waals surface area (Å²) in [4.78, 5) is 39.7. The predicted molar refractivity (Wildman–Crippen MR) is 200 cm³/mol. The van der Waals surface area contributed by atoms with E-state index in [1.807, 2.05) is 4.90 Å². The lowest BCUT2D eigenvalue weighted by Gasteiger charge is -2.34. The molecule has 0 spiro atoms. The molecule has 3 rings (SSSR count). The smallest absolute Gasteiger partial charge is 0.333 e. The van der Waals surface area contributed by atoms with Gasteiger partial charge in [-0.2, -0.15) is 0 Å². The number of piperidine rings is 1. The molecule has 1 aliphatic carbocycles. The highest BCUT2D eigenvalue weighted by Crippen LogP contribution is 2.35. The Bertz CT molecular complexity index is 1390. The lowest BCUT2D eigenvalue weighted by molar-refractivity contribution is -0.164. The zero-order valence-electron chi connectivity index (χ0n) is 29.7. The molecule has 0 N–H and O–H groups in total. The summed E-state index contributed by atoms with van der Waals surface area (Å²) in [6, 6.07) is 4.68. The number of unbranched alkanes of at least 4 members (excludes halogenated alkanes) is 1. The quantitative estimate of drug-likeness (QED) is 0.0278. The number of nitrogens with zero attached hydrogens (tertiary/aromatic N) is 1. The van der Waals surface area contributed by atoms with Crippen molar-refractivity contribution < 1.29 is 33.0 Å². The molecule has 2 fully saturated rings. The molecule has 1 heterocycles. The van der Waals surface area contributed by atoms with Crippen molar-refractivity contribution >= 4 is 29.5 Å². The lowest BCUT2D eigenvalue weighted by Crippen LogP contribution is -2.37. The number of likely N-dealkylation sites (tertiary alicyclic amines) is 1. The SMILES string of the molecule is CCC=CCC=CCC=CCC=CCC=CCCCC(=O)OCOC(=O)C=C1CN(Cc2c(F)cccc2C(=O)C2CC2)CCC1SCOC. The van der Waals surface area contributed by atoms with E-state index in [0.717, 1.165) is 63.4 Å². The molecule has 1 saturated heterocycles. The van der Waals surface area contributed by atoms with Gasteiger partial charge in [-0.05, 0) is 75.8 Å². The van der Waals surface area contributed by atoms with Crippen LogP contribution in [0.1, 0.15) is 93.5 Å². The Morgan fingerprint density at radius 3 is 2.20 bits per heavy atom. The van der Waals surface area contributed by atoms with Crippen LogP contribution in [0.3, 0.4) is 0 Å². The first kappa shape index (κ1) is 40.9. The van der Waals surface area contributed by atoms with Gasteiger partial charge in [0, 0.05) is 61.5 Å². The Morgan fingerprint density at radius 2 is 1.56 bits per heavy atom. The van der Waals surface area contributed by atoms with Crippen LogP contribution in [0, 0.1) is 11.7 Å². The molecule has 1 aromatic carbocycles. The van der Waals surface area contributed by atoms with Crippen molar-refractivity contribution in [2.45, 2.75) is 89.3 Å². The average molecular weight is 708 g/mol. The maximum absolute atomic E-state index is 14.9. The minimum absolute atomic E-state index is 0.00468. The zero-order valence-corrected chi connectivity index (χ0v) is 30.6. The lowest BCUT2D eigenvalue weighted by atomic mass is 9.98. The van der Waals surface area contributed by atoms with Crippen LogP contribution in [-0.4, -0.2) is 60.8 Å². The number of halogens is 1. The summed E-state index contributed by atoms with van der Waals surface area (Å²) in [5.41, 5.74) is 1.67. The van der Waals surface area contributed by atoms with Gasteiger partial charge in [-0.3, -0.25) is 14.5 Å². The second kappa shape index (κ2) is 24.6. The number of carbonyl (C=O) groups is 3. The van der Waals surface area contributed by atoms with E-state index in [4.69, 9.17) is 14.2 Å². The molecule has 0 radical (unpaired) electrons. The molecule has 9 heteroatoms. The van der Waals surface area contributed by atoms with Gasteiger partial charge >= 0.3 is 11.9 Å². The molecule has 0 bridgehead atoms. The molecule has 7 nitrogen and oxygen atoms in total. The molecule has 1 atom stereocenters. The fourth-order valence-electron chi connectivity index (χ4n) is 5.43. The number of esters is 2. The number of Topliss-reactive ketones (excluding diaryl/α,β-unsaturated/α-hetero) is 1. The Labute approximate surface area is 302 Å². The van der Waals surface area contributed by atoms with Gasteiger partial charge in [0.15, 0.2) is 5.78 Å². The van der Waals surface area contributed by atoms with Crippen molar-refractivity contribution in [3.63, 3.8) is 0 Å². The molecular weight excluding hydrogens is 654 g/mol. The van der Waals surface area contributed by atoms with Crippen molar-refractivity contribution in [1.29, 1.82) is 0 Å². The van der Waals surface area contributed by atoms with Crippen molar-refractivity contribution in [3.05, 3.63) is 108 Å². The first-order valence-corrected chi connectivity index (χ1v) is 18.9. The standard InChI is InChI=1S/C41H54FNO6S/c1-3-4-5-6-7-8-9-10-11-12-13-14-15-16-17-18-19-23-39(44)48-31-49-40(45)28-34-29-43(27-26-38(34)50-32-47-2)30-36-35(21-20-22-37(36)42)41(46)33-24-25-33/h4-5,7-8,10-11,13-14,16-17,20-22,28,33,38H,3,6,9,12,15,18-19,23-27,29-32H2,1-2H3. The Kier molecular flexibility index (Phi) is 20.1. The summed E-state index contributed by atoms with van der Waals surface area (Å²) < 4.78 is 30.5. The number of allylic oxidation sites excluding steroid dienone is 10. The van der Waals surface area contributed by atoms with Gasteiger partial charge in [0.05, 0.1) is 5.94 Å². The van der Waals surface area contributed by atoms with Crippen molar-refractivity contribution in [3.8, 4) is 0 Å². The number of rotatable bonds is 23. The largest absolute Gasteiger partial charge is 0.428 e. The third kappa shape index (κ3) is 16.5. The Balaban J connectivity index is 1.34. The summed E-state index contributed by atoms with van der Waals surface area (Å²) >= 11 is 1.58. The number of ketones is 1. The van der Waals surface area contributed by atoms with Gasteiger partial charge in [0.2, 0.25) is 6.79 Å². The van der Waals surface area contributed by atoms with Gasteiger partial charge in [0.25, 0.3) is 0 Å². The average Bonchev–Trinajstić information content (AvgIpc) is 3.96. The van der Waals surface area contributed by atoms with E-state index < -0.39 is 24.5 Å². The van der Waals surface area contributed by atoms with E-state index in [2.05, 4.69) is 67.7 Å². The first-order valence-electron chi connectivity index (χ1n) is 17.8. The number of hydrogen-bond acceptors (Lipinski definition) is 8. The van der Waals surface area contributed by atoms with E-state index >= 15 is 0 Å². The second-order valence-corrected chi connectivity index (χ2v) is 13.5. The molecular formula is C41H54FNO6S. The highest BCUT2D eigenvalue weighted by molar-refractivity contribution is 7.99. The van der Waals surface area contributed by atoms with Crippen LogP contribution in [0.15, 0.2) is 90.6 Å². The van der Waals surface area contributed by atoms with Crippen LogP contribution >= 0.6 is 11.8 Å². The van der Waals surface area contributed by atoms with Gasteiger partial charge in [-0.1, -0.05) is 79.8 Å². The van der Waals surface area contributed by atoms with Crippen molar-refractivity contribution in [1.82, 2.24) is 4.90 Å². The summed E-state index contributed by atoms with van der Waals surface area (Å²) in [6.07, 6.45) is 31.8. The maximum Gasteiger partial charge on any atom is 0.333 e. The van der Waals surface area contributed by atoms with Gasteiger partial charge < -0.3 is 14.2 Å². The molecule has 1 aromatic rings. The fourth-order valence-corrected chi connectivity index (χ4v) is 6.36. The molecule has 2 aliphatic rings. The third-order valence-corrected chi connectivity index (χ3v) is 9.57. The molecule has 1 aliphatic heterocycles. The van der Waals surface area contributed by atoms with E-state index in [0.29, 0.717) is 36.6 Å². The summed E-state index contributed by atoms with van der Waals surface area (Å²) in [6.45, 7) is 3.04. The van der Waals surface area contributed by atoms with Crippen molar-refractivity contribution in [2.75, 3.05) is 32.9 Å². The number of hydrogen-bond donors (Lipinski definition) is 0. The van der Waals surface area contributed by atoms with E-state index in [1.54, 1.807) is 31.0 Å². The predicted octanol–water partition coefficient (Wildman–Crippen LogP) is 9.22. The van der Waals surface area contributed by atoms with Gasteiger partial charge in [-0.15, -0.1) is 11.8 Å². The molecule has 50 heavy (non-hydrogen) atoms. The Hall–Kier alpha value is -3.53. The third-order valence-electron chi connectivity index (χ3n) is 8.26. The first-order chi connectivity index (χ1) is 24.4. The van der Waals surface area contributed by atoms with Crippen LogP contribution in [-0.2, 0) is 30.3 Å². The Morgan fingerprint density at radius 1 is 0.900 bits per heavy atom. The summed E-state index contributed by atoms with van der Waals surface area (Å²) in [7, 11) is 1.62. The number of carbonyl (C=O) groups excluding carboxylic acids is 3. The van der Waals surface area contributed by atoms with Crippen LogP contribution < -0.4 is 0 Å². The summed E-state index contributed by atoms with van der Waals surface area (Å²) in [5.74, 6) is -0.953. The van der Waals surface area contributed by atoms with Crippen molar-refractivity contribution in [2.24, 2.45) is 5.92 Å². The fraction of sp³-hybridized carbons (Fsp3) is 0.488. The monoisotopic (exact) mass is 707 g/mol. The molecule has 0 amide bonds. The normalized spacial score (nSPS) is 18.1. The van der Waals surface area contributed by atoms with E-state index in [9.17, 15) is 18.8 Å². The maximum atomic E-state index is 14.9. The number of methoxy groups -OCH3 is 1. The highest BCUT2D eigenvalue weighted by atomic mass is 32.2. The number of benzene rings is 1. The minimum atomic E-state index is -0.605. The number of ether oxygens (including phenoxy) is 3. The van der Waals surface area contributed by atoms with Crippen LogP contribution in [0.4, 0.5) is 4.39 Å². The molecule has 1 saturated carbocycles. The minimum Gasteiger partial charge on any atom is -0.428 e. The van der Waals surface area contributed by atoms with Crippen LogP contribution in [0.25, 0.3) is 0 Å². The summed E-state index contributed by atoms with van der Waals surface area (Å²) in [5, 5.41) is 0.0189. The van der Waals surface area contributed by atoms with Gasteiger partial charge in [-0.25, -0.2) is 9.18 Å². The van der Waals surface area contributed by atoms with Gasteiger partial charge in [0.1, 0.15) is 5.82 Å². The van der Waals surface area contributed by atoms with E-state index in [1.165, 1.54) is 12.1 Å². The van der Waals surface area contributed by atoms with Crippen LogP contribution in [0.5, 0.6) is 0 Å². The molecule has 1 unspecified atom stereocenters.